The molecule has 72 valence electrons. The van der Waals surface area contributed by atoms with Gasteiger partial charge in [0.05, 0.1) is 8.07 Å². The van der Waals surface area contributed by atoms with Crippen molar-refractivity contribution in [3.8, 4) is 0 Å². The first-order chi connectivity index (χ1) is 5.84. The van der Waals surface area contributed by atoms with Crippen LogP contribution in [0.1, 0.15) is 11.1 Å². The van der Waals surface area contributed by atoms with Gasteiger partial charge in [-0.2, -0.15) is 0 Å². The van der Waals surface area contributed by atoms with Crippen molar-refractivity contribution in [3.05, 3.63) is 29.1 Å². The average Bonchev–Trinajstić information content (AvgIpc) is 1.98. The van der Waals surface area contributed by atoms with Gasteiger partial charge in [-0.05, 0) is 30.2 Å². The minimum atomic E-state index is -1.51. The molecule has 1 aromatic carbocycles. The number of hydrogen-bond donors (Lipinski definition) is 0. The fraction of sp³-hybridized carbons (Fsp3) is 0.455. The van der Waals surface area contributed by atoms with E-state index in [-0.39, 0.29) is 5.82 Å². The Hall–Kier alpha value is -0.633. The van der Waals surface area contributed by atoms with Crippen molar-refractivity contribution in [2.45, 2.75) is 33.5 Å². The summed E-state index contributed by atoms with van der Waals surface area (Å²) in [7, 11) is -1.51. The predicted molar refractivity (Wildman–Crippen MR) is 58.9 cm³/mol. The Balaban J connectivity index is 3.35. The lowest BCUT2D eigenvalue weighted by Crippen LogP contribution is -2.40. The summed E-state index contributed by atoms with van der Waals surface area (Å²) in [5.74, 6) is 0.0131. The van der Waals surface area contributed by atoms with Crippen molar-refractivity contribution in [2.24, 2.45) is 0 Å². The standard InChI is InChI=1S/C11H17FSi/c1-8-6-7-10(13(3,4)5)11(12)9(8)2/h6-7H,1-5H3. The zero-order chi connectivity index (χ0) is 10.2. The Kier molecular flexibility index (Phi) is 2.62. The van der Waals surface area contributed by atoms with Crippen molar-refractivity contribution >= 4 is 13.3 Å². The molecule has 0 bridgehead atoms. The molecule has 0 atom stereocenters. The molecule has 0 aliphatic carbocycles. The largest absolute Gasteiger partial charge is 0.207 e. The number of hydrogen-bond acceptors (Lipinski definition) is 0. The Morgan fingerprint density at radius 2 is 1.62 bits per heavy atom. The summed E-state index contributed by atoms with van der Waals surface area (Å²) in [6.45, 7) is 10.3. The third-order valence-corrected chi connectivity index (χ3v) is 4.47. The third kappa shape index (κ3) is 1.99. The molecule has 0 saturated heterocycles. The maximum absolute atomic E-state index is 13.8. The van der Waals surface area contributed by atoms with E-state index in [1.54, 1.807) is 0 Å². The molecule has 0 aliphatic heterocycles. The molecule has 13 heavy (non-hydrogen) atoms. The predicted octanol–water partition coefficient (Wildman–Crippen LogP) is 2.99. The Morgan fingerprint density at radius 3 is 2.08 bits per heavy atom. The number of benzene rings is 1. The molecule has 1 aromatic rings. The van der Waals surface area contributed by atoms with E-state index < -0.39 is 8.07 Å². The van der Waals surface area contributed by atoms with E-state index in [1.165, 1.54) is 0 Å². The molecule has 0 spiro atoms. The molecule has 0 radical (unpaired) electrons. The van der Waals surface area contributed by atoms with Crippen LogP contribution in [0.25, 0.3) is 0 Å². The third-order valence-electron chi connectivity index (χ3n) is 2.47. The molecule has 0 aliphatic rings. The molecule has 0 heterocycles. The van der Waals surface area contributed by atoms with Gasteiger partial charge in [-0.15, -0.1) is 0 Å². The van der Waals surface area contributed by atoms with Gasteiger partial charge in [-0.1, -0.05) is 31.8 Å². The highest BCUT2D eigenvalue weighted by Crippen LogP contribution is 2.13. The van der Waals surface area contributed by atoms with Crippen molar-refractivity contribution in [1.29, 1.82) is 0 Å². The van der Waals surface area contributed by atoms with Gasteiger partial charge < -0.3 is 0 Å². The fourth-order valence-electron chi connectivity index (χ4n) is 1.36. The van der Waals surface area contributed by atoms with Crippen LogP contribution in [0.15, 0.2) is 12.1 Å². The van der Waals surface area contributed by atoms with Crippen LogP contribution < -0.4 is 5.19 Å². The van der Waals surface area contributed by atoms with E-state index in [1.807, 2.05) is 26.0 Å². The lowest BCUT2D eigenvalue weighted by atomic mass is 10.1. The van der Waals surface area contributed by atoms with Crippen LogP contribution in [-0.2, 0) is 0 Å². The topological polar surface area (TPSA) is 0 Å². The first-order valence-electron chi connectivity index (χ1n) is 4.60. The maximum atomic E-state index is 13.8. The lowest BCUT2D eigenvalue weighted by molar-refractivity contribution is 0.624. The number of aryl methyl sites for hydroxylation is 1. The summed E-state index contributed by atoms with van der Waals surface area (Å²) in [6, 6.07) is 3.97. The van der Waals surface area contributed by atoms with E-state index in [4.69, 9.17) is 0 Å². The summed E-state index contributed by atoms with van der Waals surface area (Å²) in [5, 5.41) is 0.940. The van der Waals surface area contributed by atoms with Gasteiger partial charge >= 0.3 is 0 Å². The second kappa shape index (κ2) is 3.26. The molecule has 0 aromatic heterocycles. The van der Waals surface area contributed by atoms with Gasteiger partial charge in [-0.25, -0.2) is 4.39 Å². The van der Waals surface area contributed by atoms with Gasteiger partial charge in [0, 0.05) is 0 Å². The van der Waals surface area contributed by atoms with Gasteiger partial charge in [0.1, 0.15) is 5.82 Å². The summed E-state index contributed by atoms with van der Waals surface area (Å²) in [5.41, 5.74) is 1.85. The van der Waals surface area contributed by atoms with Crippen LogP contribution in [-0.4, -0.2) is 8.07 Å². The zero-order valence-electron chi connectivity index (χ0n) is 9.03. The van der Waals surface area contributed by atoms with E-state index >= 15 is 0 Å². The molecule has 0 nitrogen and oxygen atoms in total. The first-order valence-corrected chi connectivity index (χ1v) is 8.10. The van der Waals surface area contributed by atoms with Gasteiger partial charge in [0.25, 0.3) is 0 Å². The number of rotatable bonds is 1. The molecule has 0 saturated carbocycles. The molecule has 2 heteroatoms. The SMILES string of the molecule is Cc1ccc([Si](C)(C)C)c(F)c1C. The zero-order valence-corrected chi connectivity index (χ0v) is 10.0. The first kappa shape index (κ1) is 10.4. The van der Waals surface area contributed by atoms with Gasteiger partial charge in [0.15, 0.2) is 0 Å². The molecular formula is C11H17FSi. The van der Waals surface area contributed by atoms with Crippen LogP contribution >= 0.6 is 0 Å². The van der Waals surface area contributed by atoms with Crippen LogP contribution in [0.5, 0.6) is 0 Å². The van der Waals surface area contributed by atoms with Crippen molar-refractivity contribution < 1.29 is 4.39 Å². The Bertz CT molecular complexity index is 324. The molecule has 0 amide bonds. The van der Waals surface area contributed by atoms with Gasteiger partial charge in [-0.3, -0.25) is 0 Å². The molecule has 1 rings (SSSR count). The number of halogens is 1. The average molecular weight is 196 g/mol. The highest BCUT2D eigenvalue weighted by Gasteiger charge is 2.21. The van der Waals surface area contributed by atoms with E-state index in [9.17, 15) is 4.39 Å². The second-order valence-corrected chi connectivity index (χ2v) is 9.66. The van der Waals surface area contributed by atoms with Crippen LogP contribution in [0.4, 0.5) is 4.39 Å². The van der Waals surface area contributed by atoms with E-state index in [2.05, 4.69) is 19.6 Å². The molecule has 0 fully saturated rings. The molecule has 0 unspecified atom stereocenters. The summed E-state index contributed by atoms with van der Waals surface area (Å²) in [4.78, 5) is 0. The van der Waals surface area contributed by atoms with Crippen molar-refractivity contribution in [1.82, 2.24) is 0 Å². The summed E-state index contributed by atoms with van der Waals surface area (Å²) in [6.07, 6.45) is 0. The quantitative estimate of drug-likeness (QED) is 0.606. The summed E-state index contributed by atoms with van der Waals surface area (Å²) < 4.78 is 13.8. The molecule has 0 N–H and O–H groups in total. The van der Waals surface area contributed by atoms with E-state index in [0.717, 1.165) is 16.3 Å². The highest BCUT2D eigenvalue weighted by molar-refractivity contribution is 6.88. The fourth-order valence-corrected chi connectivity index (χ4v) is 2.79. The smallest absolute Gasteiger partial charge is 0.125 e. The monoisotopic (exact) mass is 196 g/mol. The maximum Gasteiger partial charge on any atom is 0.125 e. The van der Waals surface area contributed by atoms with Gasteiger partial charge in [0.2, 0.25) is 0 Å². The lowest BCUT2D eigenvalue weighted by Gasteiger charge is -2.19. The van der Waals surface area contributed by atoms with Crippen LogP contribution in [0.3, 0.4) is 0 Å². The minimum absolute atomic E-state index is 0.0131. The second-order valence-electron chi connectivity index (χ2n) is 4.62. The normalized spacial score (nSPS) is 11.8. The van der Waals surface area contributed by atoms with Crippen molar-refractivity contribution in [3.63, 3.8) is 0 Å². The van der Waals surface area contributed by atoms with Crippen molar-refractivity contribution in [2.75, 3.05) is 0 Å². The Morgan fingerprint density at radius 1 is 1.08 bits per heavy atom. The van der Waals surface area contributed by atoms with Crippen LogP contribution in [0, 0.1) is 19.7 Å². The highest BCUT2D eigenvalue weighted by atomic mass is 28.3. The minimum Gasteiger partial charge on any atom is -0.207 e. The van der Waals surface area contributed by atoms with Crippen LogP contribution in [0.2, 0.25) is 19.6 Å². The molecular weight excluding hydrogens is 179 g/mol. The Labute approximate surface area is 80.8 Å². The van der Waals surface area contributed by atoms with E-state index in [0.29, 0.717) is 0 Å². The summed E-state index contributed by atoms with van der Waals surface area (Å²) >= 11 is 0.